The monoisotopic (exact) mass is 250 g/mol. The molecule has 1 saturated heterocycles. The molecule has 3 nitrogen and oxygen atoms in total. The lowest BCUT2D eigenvalue weighted by Crippen LogP contribution is -2.45. The number of piperidine rings is 1. The van der Waals surface area contributed by atoms with Gasteiger partial charge >= 0.3 is 0 Å². The summed E-state index contributed by atoms with van der Waals surface area (Å²) in [6.07, 6.45) is 7.45. The van der Waals surface area contributed by atoms with Crippen LogP contribution < -0.4 is 5.32 Å². The Morgan fingerprint density at radius 2 is 1.72 bits per heavy atom. The molecule has 1 aliphatic heterocycles. The van der Waals surface area contributed by atoms with Crippen molar-refractivity contribution in [1.82, 2.24) is 10.2 Å². The summed E-state index contributed by atoms with van der Waals surface area (Å²) in [6, 6.07) is 0.511. The van der Waals surface area contributed by atoms with E-state index in [-0.39, 0.29) is 0 Å². The summed E-state index contributed by atoms with van der Waals surface area (Å²) in [4.78, 5) is 14.9. The maximum Gasteiger partial charge on any atom is 0.225 e. The van der Waals surface area contributed by atoms with Crippen LogP contribution in [0.5, 0.6) is 0 Å². The number of rotatable bonds is 5. The third kappa shape index (κ3) is 3.25. The summed E-state index contributed by atoms with van der Waals surface area (Å²) in [6.45, 7) is 5.31. The van der Waals surface area contributed by atoms with E-state index in [4.69, 9.17) is 0 Å². The van der Waals surface area contributed by atoms with Crippen LogP contribution in [0.3, 0.4) is 0 Å². The molecule has 1 heterocycles. The SMILES string of the molecule is CC1CC(C(=O)N(CC2CC2)CC2CC2)CCN1. The molecule has 0 radical (unpaired) electrons. The summed E-state index contributed by atoms with van der Waals surface area (Å²) < 4.78 is 0. The predicted octanol–water partition coefficient (Wildman–Crippen LogP) is 2.02. The van der Waals surface area contributed by atoms with Crippen molar-refractivity contribution in [2.75, 3.05) is 19.6 Å². The topological polar surface area (TPSA) is 32.3 Å². The quantitative estimate of drug-likeness (QED) is 0.809. The lowest BCUT2D eigenvalue weighted by molar-refractivity contribution is -0.137. The number of amides is 1. The Hall–Kier alpha value is -0.570. The fraction of sp³-hybridized carbons (Fsp3) is 0.933. The third-order valence-corrected chi connectivity index (χ3v) is 4.64. The lowest BCUT2D eigenvalue weighted by atomic mass is 9.92. The van der Waals surface area contributed by atoms with Crippen LogP contribution in [0.25, 0.3) is 0 Å². The van der Waals surface area contributed by atoms with E-state index >= 15 is 0 Å². The number of hydrogen-bond donors (Lipinski definition) is 1. The summed E-state index contributed by atoms with van der Waals surface area (Å²) in [5.41, 5.74) is 0. The van der Waals surface area contributed by atoms with Crippen molar-refractivity contribution in [1.29, 1.82) is 0 Å². The average Bonchev–Trinajstić information content (AvgIpc) is 3.22. The molecular formula is C15H26N2O. The smallest absolute Gasteiger partial charge is 0.225 e. The second-order valence-electron chi connectivity index (χ2n) is 6.71. The summed E-state index contributed by atoms with van der Waals surface area (Å²) in [5.74, 6) is 2.40. The van der Waals surface area contributed by atoms with Crippen LogP contribution in [0.15, 0.2) is 0 Å². The van der Waals surface area contributed by atoms with Crippen LogP contribution in [0.4, 0.5) is 0 Å². The molecule has 0 spiro atoms. The zero-order chi connectivity index (χ0) is 12.5. The molecule has 3 fully saturated rings. The van der Waals surface area contributed by atoms with Crippen molar-refractivity contribution < 1.29 is 4.79 Å². The van der Waals surface area contributed by atoms with Crippen LogP contribution in [0.1, 0.15) is 45.4 Å². The number of carbonyl (C=O) groups is 1. The molecule has 1 N–H and O–H groups in total. The molecular weight excluding hydrogens is 224 g/mol. The number of nitrogens with one attached hydrogen (secondary N) is 1. The molecule has 3 aliphatic rings. The molecule has 2 aliphatic carbocycles. The number of carbonyl (C=O) groups excluding carboxylic acids is 1. The highest BCUT2D eigenvalue weighted by molar-refractivity contribution is 5.79. The molecule has 3 rings (SSSR count). The van der Waals surface area contributed by atoms with E-state index in [2.05, 4.69) is 17.1 Å². The molecule has 3 heteroatoms. The normalized spacial score (nSPS) is 32.3. The van der Waals surface area contributed by atoms with Crippen LogP contribution >= 0.6 is 0 Å². The minimum Gasteiger partial charge on any atom is -0.342 e. The zero-order valence-electron chi connectivity index (χ0n) is 11.5. The van der Waals surface area contributed by atoms with Crippen molar-refractivity contribution >= 4 is 5.91 Å². The van der Waals surface area contributed by atoms with Gasteiger partial charge in [-0.15, -0.1) is 0 Å². The van der Waals surface area contributed by atoms with Crippen LogP contribution in [-0.2, 0) is 4.79 Å². The van der Waals surface area contributed by atoms with E-state index in [1.54, 1.807) is 0 Å². The molecule has 1 amide bonds. The van der Waals surface area contributed by atoms with Crippen LogP contribution in [-0.4, -0.2) is 36.5 Å². The highest BCUT2D eigenvalue weighted by Gasteiger charge is 2.35. The Bertz CT molecular complexity index is 296. The van der Waals surface area contributed by atoms with Gasteiger partial charge in [-0.05, 0) is 63.8 Å². The molecule has 2 atom stereocenters. The van der Waals surface area contributed by atoms with Crippen LogP contribution in [0, 0.1) is 17.8 Å². The van der Waals surface area contributed by atoms with Gasteiger partial charge in [0.1, 0.15) is 0 Å². The summed E-state index contributed by atoms with van der Waals surface area (Å²) in [7, 11) is 0. The van der Waals surface area contributed by atoms with Gasteiger partial charge in [0.25, 0.3) is 0 Å². The van der Waals surface area contributed by atoms with Crippen molar-refractivity contribution in [2.45, 2.75) is 51.5 Å². The lowest BCUT2D eigenvalue weighted by Gasteiger charge is -2.32. The molecule has 0 aromatic rings. The first-order valence-electron chi connectivity index (χ1n) is 7.74. The van der Waals surface area contributed by atoms with E-state index in [0.717, 1.165) is 44.3 Å². The van der Waals surface area contributed by atoms with Gasteiger partial charge in [0.15, 0.2) is 0 Å². The van der Waals surface area contributed by atoms with Gasteiger partial charge in [-0.2, -0.15) is 0 Å². The second kappa shape index (κ2) is 5.20. The summed E-state index contributed by atoms with van der Waals surface area (Å²) in [5, 5.41) is 3.44. The van der Waals surface area contributed by atoms with Crippen molar-refractivity contribution in [3.05, 3.63) is 0 Å². The molecule has 2 unspecified atom stereocenters. The summed E-state index contributed by atoms with van der Waals surface area (Å²) >= 11 is 0. The average molecular weight is 250 g/mol. The Morgan fingerprint density at radius 1 is 1.11 bits per heavy atom. The Kier molecular flexibility index (Phi) is 3.60. The number of nitrogens with zero attached hydrogens (tertiary/aromatic N) is 1. The van der Waals surface area contributed by atoms with Gasteiger partial charge in [0.05, 0.1) is 0 Å². The molecule has 18 heavy (non-hydrogen) atoms. The van der Waals surface area contributed by atoms with Crippen molar-refractivity contribution in [3.8, 4) is 0 Å². The zero-order valence-corrected chi connectivity index (χ0v) is 11.5. The van der Waals surface area contributed by atoms with Gasteiger partial charge in [-0.1, -0.05) is 0 Å². The Balaban J connectivity index is 1.57. The van der Waals surface area contributed by atoms with E-state index in [1.807, 2.05) is 0 Å². The standard InChI is InChI=1S/C15H26N2O/c1-11-8-14(6-7-16-11)15(18)17(9-12-2-3-12)10-13-4-5-13/h11-14,16H,2-10H2,1H3. The van der Waals surface area contributed by atoms with E-state index in [0.29, 0.717) is 17.9 Å². The minimum absolute atomic E-state index is 0.291. The molecule has 2 saturated carbocycles. The molecule has 0 aromatic carbocycles. The largest absolute Gasteiger partial charge is 0.342 e. The Morgan fingerprint density at radius 3 is 2.22 bits per heavy atom. The van der Waals surface area contributed by atoms with Gasteiger partial charge in [0.2, 0.25) is 5.91 Å². The highest BCUT2D eigenvalue weighted by Crippen LogP contribution is 2.34. The first-order valence-corrected chi connectivity index (χ1v) is 7.74. The van der Waals surface area contributed by atoms with Gasteiger partial charge in [-0.25, -0.2) is 0 Å². The van der Waals surface area contributed by atoms with Crippen molar-refractivity contribution in [2.24, 2.45) is 17.8 Å². The first-order chi connectivity index (χ1) is 8.72. The molecule has 102 valence electrons. The second-order valence-corrected chi connectivity index (χ2v) is 6.71. The fourth-order valence-electron chi connectivity index (χ4n) is 3.09. The minimum atomic E-state index is 0.291. The van der Waals surface area contributed by atoms with Gasteiger partial charge in [0, 0.05) is 25.0 Å². The first kappa shape index (κ1) is 12.5. The van der Waals surface area contributed by atoms with Crippen molar-refractivity contribution in [3.63, 3.8) is 0 Å². The molecule has 0 bridgehead atoms. The highest BCUT2D eigenvalue weighted by atomic mass is 16.2. The Labute approximate surface area is 110 Å². The van der Waals surface area contributed by atoms with E-state index in [1.165, 1.54) is 25.7 Å². The molecule has 0 aromatic heterocycles. The van der Waals surface area contributed by atoms with Crippen LogP contribution in [0.2, 0.25) is 0 Å². The van der Waals surface area contributed by atoms with E-state index < -0.39 is 0 Å². The maximum absolute atomic E-state index is 12.7. The fourth-order valence-corrected chi connectivity index (χ4v) is 3.09. The predicted molar refractivity (Wildman–Crippen MR) is 72.2 cm³/mol. The third-order valence-electron chi connectivity index (χ3n) is 4.64. The maximum atomic E-state index is 12.7. The van der Waals surface area contributed by atoms with Gasteiger partial charge < -0.3 is 10.2 Å². The van der Waals surface area contributed by atoms with Gasteiger partial charge in [-0.3, -0.25) is 4.79 Å². The number of hydrogen-bond acceptors (Lipinski definition) is 2. The van der Waals surface area contributed by atoms with E-state index in [9.17, 15) is 4.79 Å².